The van der Waals surface area contributed by atoms with E-state index in [1.54, 1.807) is 39.0 Å². The predicted octanol–water partition coefficient (Wildman–Crippen LogP) is 5.50. The monoisotopic (exact) mass is 462 g/mol. The Balaban J connectivity index is 0.000000247. The first kappa shape index (κ1) is 26.9. The third-order valence-electron chi connectivity index (χ3n) is 4.31. The van der Waals surface area contributed by atoms with Gasteiger partial charge in [-0.15, -0.1) is 0 Å². The summed E-state index contributed by atoms with van der Waals surface area (Å²) in [6, 6.07) is 12.5. The van der Waals surface area contributed by atoms with Crippen molar-refractivity contribution in [1.29, 1.82) is 0 Å². The molecule has 0 bridgehead atoms. The lowest BCUT2D eigenvalue weighted by Crippen LogP contribution is -2.03. The lowest BCUT2D eigenvalue weighted by Gasteiger charge is -2.02. The highest BCUT2D eigenvalue weighted by Gasteiger charge is 2.14. The van der Waals surface area contributed by atoms with Crippen LogP contribution in [0.2, 0.25) is 0 Å². The maximum absolute atomic E-state index is 12.7. The molecular weight excluding hydrogens is 441 g/mol. The van der Waals surface area contributed by atoms with E-state index in [1.165, 1.54) is 6.07 Å². The first-order chi connectivity index (χ1) is 15.4. The van der Waals surface area contributed by atoms with Gasteiger partial charge in [-0.3, -0.25) is 0 Å². The van der Waals surface area contributed by atoms with Gasteiger partial charge in [-0.25, -0.2) is 27.6 Å². The molecule has 174 valence electrons. The largest absolute Gasteiger partial charge is 0.478 e. The van der Waals surface area contributed by atoms with Crippen LogP contribution in [0.4, 0.5) is 13.2 Å². The van der Waals surface area contributed by atoms with Gasteiger partial charge in [-0.05, 0) is 55.7 Å². The zero-order valence-corrected chi connectivity index (χ0v) is 17.9. The van der Waals surface area contributed by atoms with Crippen molar-refractivity contribution in [3.8, 4) is 0 Å². The van der Waals surface area contributed by atoms with Crippen molar-refractivity contribution in [3.63, 3.8) is 0 Å². The molecule has 0 spiro atoms. The first-order valence-corrected chi connectivity index (χ1v) is 9.33. The van der Waals surface area contributed by atoms with E-state index in [1.807, 2.05) is 6.07 Å². The van der Waals surface area contributed by atoms with Crippen LogP contribution < -0.4 is 0 Å². The second-order valence-electron chi connectivity index (χ2n) is 6.71. The number of benzene rings is 3. The zero-order valence-electron chi connectivity index (χ0n) is 17.9. The molecule has 0 unspecified atom stereocenters. The minimum atomic E-state index is -1.60. The molecule has 3 rings (SSSR count). The summed E-state index contributed by atoms with van der Waals surface area (Å²) in [7, 11) is 0. The van der Waals surface area contributed by atoms with Crippen molar-refractivity contribution in [3.05, 3.63) is 105 Å². The minimum Gasteiger partial charge on any atom is -0.478 e. The zero-order chi connectivity index (χ0) is 25.3. The minimum absolute atomic E-state index is 0.243. The molecule has 0 fully saturated rings. The Morgan fingerprint density at radius 3 is 1.03 bits per heavy atom. The van der Waals surface area contributed by atoms with Crippen LogP contribution in [-0.2, 0) is 0 Å². The van der Waals surface area contributed by atoms with E-state index in [9.17, 15) is 27.6 Å². The van der Waals surface area contributed by atoms with E-state index in [4.69, 9.17) is 15.3 Å². The predicted molar refractivity (Wildman–Crippen MR) is 114 cm³/mol. The molecule has 3 N–H and O–H groups in total. The highest BCUT2D eigenvalue weighted by atomic mass is 19.1. The number of hydrogen-bond donors (Lipinski definition) is 3. The highest BCUT2D eigenvalue weighted by molar-refractivity contribution is 5.91. The van der Waals surface area contributed by atoms with Crippen molar-refractivity contribution >= 4 is 17.9 Å². The first-order valence-electron chi connectivity index (χ1n) is 9.33. The molecule has 0 aliphatic heterocycles. The normalized spacial score (nSPS) is 9.64. The van der Waals surface area contributed by atoms with E-state index >= 15 is 0 Å². The number of carboxylic acids is 3. The lowest BCUT2D eigenvalue weighted by atomic mass is 10.0. The Labute approximate surface area is 187 Å². The van der Waals surface area contributed by atoms with Crippen LogP contribution in [0.5, 0.6) is 0 Å². The van der Waals surface area contributed by atoms with Gasteiger partial charge in [-0.2, -0.15) is 0 Å². The number of carbonyl (C=O) groups is 3. The smallest absolute Gasteiger partial charge is 0.341 e. The number of hydrogen-bond acceptors (Lipinski definition) is 3. The second kappa shape index (κ2) is 12.0. The number of aryl methyl sites for hydroxylation is 3. The summed E-state index contributed by atoms with van der Waals surface area (Å²) in [6.07, 6.45) is 0. The van der Waals surface area contributed by atoms with E-state index in [2.05, 4.69) is 0 Å². The fourth-order valence-electron chi connectivity index (χ4n) is 2.76. The Morgan fingerprint density at radius 1 is 0.515 bits per heavy atom. The summed E-state index contributed by atoms with van der Waals surface area (Å²) in [5.74, 6) is -6.46. The summed E-state index contributed by atoms with van der Waals surface area (Å²) in [6.45, 7) is 5.17. The summed E-state index contributed by atoms with van der Waals surface area (Å²) < 4.78 is 37.7. The molecular formula is C24H21F3O6. The quantitative estimate of drug-likeness (QED) is 0.474. The van der Waals surface area contributed by atoms with Crippen LogP contribution in [0.3, 0.4) is 0 Å². The van der Waals surface area contributed by atoms with Gasteiger partial charge in [0.15, 0.2) is 0 Å². The van der Waals surface area contributed by atoms with Crippen molar-refractivity contribution in [2.24, 2.45) is 0 Å². The Kier molecular flexibility index (Phi) is 9.81. The molecule has 33 heavy (non-hydrogen) atoms. The molecule has 3 aromatic carbocycles. The van der Waals surface area contributed by atoms with Crippen molar-refractivity contribution < 1.29 is 42.9 Å². The van der Waals surface area contributed by atoms with Gasteiger partial charge >= 0.3 is 17.9 Å². The molecule has 0 saturated heterocycles. The van der Waals surface area contributed by atoms with E-state index in [0.29, 0.717) is 11.1 Å². The summed E-state index contributed by atoms with van der Waals surface area (Å²) >= 11 is 0. The van der Waals surface area contributed by atoms with E-state index in [0.717, 1.165) is 35.4 Å². The van der Waals surface area contributed by atoms with Crippen molar-refractivity contribution in [2.75, 3.05) is 0 Å². The molecule has 0 heterocycles. The number of halogens is 3. The number of rotatable bonds is 3. The summed E-state index contributed by atoms with van der Waals surface area (Å²) in [5, 5.41) is 25.5. The van der Waals surface area contributed by atoms with Gasteiger partial charge in [0.2, 0.25) is 0 Å². The van der Waals surface area contributed by atoms with Crippen LogP contribution in [0, 0.1) is 38.2 Å². The molecule has 0 radical (unpaired) electrons. The van der Waals surface area contributed by atoms with Gasteiger partial charge in [0, 0.05) is 0 Å². The molecule has 6 nitrogen and oxygen atoms in total. The van der Waals surface area contributed by atoms with Gasteiger partial charge < -0.3 is 15.3 Å². The topological polar surface area (TPSA) is 112 Å². The van der Waals surface area contributed by atoms with E-state index < -0.39 is 40.9 Å². The summed E-state index contributed by atoms with van der Waals surface area (Å²) in [5.41, 5.74) is 1.35. The second-order valence-corrected chi connectivity index (χ2v) is 6.71. The standard InChI is InChI=1S/C9H10O2.C8H7FO2.C7H4F2O2/c1-6-4-3-5-7(2)8(6)9(10)11;1-5-3-2-4-6(9)7(5)8(10)11;8-4-2-1-3-5(9)6(4)7(10)11/h3-5H,1-2H3,(H,10,11);2-4H,1H3,(H,10,11);1-3H,(H,10,11). The molecule has 9 heteroatoms. The van der Waals surface area contributed by atoms with Crippen LogP contribution in [0.25, 0.3) is 0 Å². The molecule has 0 aliphatic rings. The van der Waals surface area contributed by atoms with Crippen LogP contribution in [0.1, 0.15) is 47.8 Å². The Bertz CT molecular complexity index is 968. The van der Waals surface area contributed by atoms with Gasteiger partial charge in [0.1, 0.15) is 23.0 Å². The fraction of sp³-hybridized carbons (Fsp3) is 0.125. The maximum Gasteiger partial charge on any atom is 0.341 e. The van der Waals surface area contributed by atoms with Gasteiger partial charge in [0.25, 0.3) is 0 Å². The van der Waals surface area contributed by atoms with E-state index in [-0.39, 0.29) is 5.56 Å². The molecule has 0 amide bonds. The lowest BCUT2D eigenvalue weighted by molar-refractivity contribution is 0.0676. The third kappa shape index (κ3) is 7.49. The fourth-order valence-corrected chi connectivity index (χ4v) is 2.76. The average molecular weight is 462 g/mol. The number of carboxylic acid groups (broad SMARTS) is 3. The third-order valence-corrected chi connectivity index (χ3v) is 4.31. The Hall–Kier alpha value is -4.14. The highest BCUT2D eigenvalue weighted by Crippen LogP contribution is 2.13. The molecule has 0 aromatic heterocycles. The van der Waals surface area contributed by atoms with Crippen LogP contribution >= 0.6 is 0 Å². The van der Waals surface area contributed by atoms with Crippen LogP contribution in [0.15, 0.2) is 54.6 Å². The maximum atomic E-state index is 12.7. The van der Waals surface area contributed by atoms with Crippen molar-refractivity contribution in [2.45, 2.75) is 20.8 Å². The Morgan fingerprint density at radius 2 is 0.788 bits per heavy atom. The SMILES string of the molecule is Cc1cccc(C)c1C(=O)O.Cc1cccc(F)c1C(=O)O.O=C(O)c1c(F)cccc1F. The average Bonchev–Trinajstić information content (AvgIpc) is 2.68. The molecule has 3 aromatic rings. The number of aromatic carboxylic acids is 3. The molecule has 0 atom stereocenters. The van der Waals surface area contributed by atoms with Crippen LogP contribution in [-0.4, -0.2) is 33.2 Å². The summed E-state index contributed by atoms with van der Waals surface area (Å²) in [4.78, 5) is 31.2. The molecule has 0 aliphatic carbocycles. The molecule has 0 saturated carbocycles. The van der Waals surface area contributed by atoms with Gasteiger partial charge in [-0.1, -0.05) is 36.4 Å². The van der Waals surface area contributed by atoms with Crippen molar-refractivity contribution in [1.82, 2.24) is 0 Å². The van der Waals surface area contributed by atoms with Gasteiger partial charge in [0.05, 0.1) is 11.1 Å².